The Balaban J connectivity index is 1.65. The lowest BCUT2D eigenvalue weighted by molar-refractivity contribution is -0.114. The number of amides is 1. The number of nitrogens with two attached hydrogens (primary N) is 1. The summed E-state index contributed by atoms with van der Waals surface area (Å²) in [5.41, 5.74) is 8.90. The zero-order chi connectivity index (χ0) is 17.6. The maximum absolute atomic E-state index is 11.1. The summed E-state index contributed by atoms with van der Waals surface area (Å²) in [7, 11) is 0. The summed E-state index contributed by atoms with van der Waals surface area (Å²) >= 11 is 0. The molecule has 2 aromatic carbocycles. The third-order valence-corrected chi connectivity index (χ3v) is 3.97. The second kappa shape index (κ2) is 8.00. The number of carbonyl (C=O) groups is 1. The molecule has 0 spiro atoms. The van der Waals surface area contributed by atoms with Gasteiger partial charge in [0.15, 0.2) is 11.5 Å². The van der Waals surface area contributed by atoms with Crippen LogP contribution in [0.5, 0.6) is 11.5 Å². The summed E-state index contributed by atoms with van der Waals surface area (Å²) in [6.45, 7) is 4.73. The molecule has 1 heterocycles. The molecule has 6 nitrogen and oxygen atoms in total. The number of nitrogens with zero attached hydrogens (tertiary/aromatic N) is 1. The zero-order valence-corrected chi connectivity index (χ0v) is 14.3. The van der Waals surface area contributed by atoms with Crippen LogP contribution in [0.1, 0.15) is 18.1 Å². The Morgan fingerprint density at radius 3 is 2.48 bits per heavy atom. The lowest BCUT2D eigenvalue weighted by Crippen LogP contribution is -2.28. The van der Waals surface area contributed by atoms with E-state index in [1.807, 2.05) is 36.4 Å². The fourth-order valence-corrected chi connectivity index (χ4v) is 2.85. The maximum atomic E-state index is 11.1. The van der Waals surface area contributed by atoms with Gasteiger partial charge in [0.25, 0.3) is 0 Å². The first-order valence-corrected chi connectivity index (χ1v) is 8.31. The molecule has 0 aromatic heterocycles. The molecular weight excluding hydrogens is 318 g/mol. The van der Waals surface area contributed by atoms with E-state index in [-0.39, 0.29) is 12.7 Å². The number of anilines is 1. The second-order valence-corrected chi connectivity index (χ2v) is 6.07. The van der Waals surface area contributed by atoms with Crippen LogP contribution < -0.4 is 20.5 Å². The van der Waals surface area contributed by atoms with E-state index in [0.717, 1.165) is 42.4 Å². The lowest BCUT2D eigenvalue weighted by atomic mass is 10.1. The Hall–Kier alpha value is -2.57. The van der Waals surface area contributed by atoms with Gasteiger partial charge in [0.05, 0.1) is 0 Å². The minimum absolute atomic E-state index is 0.0692. The molecule has 0 saturated carbocycles. The Morgan fingerprint density at radius 1 is 1.08 bits per heavy atom. The largest absolute Gasteiger partial charge is 0.454 e. The van der Waals surface area contributed by atoms with Crippen molar-refractivity contribution in [2.75, 3.05) is 25.2 Å². The van der Waals surface area contributed by atoms with Crippen LogP contribution in [-0.2, 0) is 17.9 Å². The molecule has 0 saturated heterocycles. The molecule has 3 rings (SSSR count). The van der Waals surface area contributed by atoms with Gasteiger partial charge >= 0.3 is 0 Å². The number of ether oxygens (including phenoxy) is 2. The predicted molar refractivity (Wildman–Crippen MR) is 96.5 cm³/mol. The van der Waals surface area contributed by atoms with Gasteiger partial charge < -0.3 is 20.5 Å². The number of rotatable bonds is 7. The summed E-state index contributed by atoms with van der Waals surface area (Å²) in [5.74, 6) is 1.52. The Morgan fingerprint density at radius 2 is 1.76 bits per heavy atom. The normalized spacial score (nSPS) is 12.4. The first-order valence-electron chi connectivity index (χ1n) is 8.31. The van der Waals surface area contributed by atoms with Crippen molar-refractivity contribution in [2.45, 2.75) is 20.0 Å². The standard InChI is InChI=1S/C19H23N3O3/c1-14(23)21-17-5-2-15(3-6-17)11-22(9-8-20)12-16-4-7-18-19(10-16)25-13-24-18/h2-7,10H,8-9,11-13,20H2,1H3,(H,21,23). The van der Waals surface area contributed by atoms with Crippen LogP contribution in [0.2, 0.25) is 0 Å². The van der Waals surface area contributed by atoms with Gasteiger partial charge in [0.1, 0.15) is 0 Å². The highest BCUT2D eigenvalue weighted by atomic mass is 16.7. The molecule has 6 heteroatoms. The molecule has 0 unspecified atom stereocenters. The average Bonchev–Trinajstić information content (AvgIpc) is 3.04. The van der Waals surface area contributed by atoms with E-state index >= 15 is 0 Å². The number of carbonyl (C=O) groups excluding carboxylic acids is 1. The van der Waals surface area contributed by atoms with Gasteiger partial charge in [-0.15, -0.1) is 0 Å². The first-order chi connectivity index (χ1) is 12.1. The average molecular weight is 341 g/mol. The van der Waals surface area contributed by atoms with E-state index in [4.69, 9.17) is 15.2 Å². The van der Waals surface area contributed by atoms with Crippen molar-refractivity contribution < 1.29 is 14.3 Å². The van der Waals surface area contributed by atoms with Crippen molar-refractivity contribution in [3.05, 3.63) is 53.6 Å². The number of fused-ring (bicyclic) bond motifs is 1. The summed E-state index contributed by atoms with van der Waals surface area (Å²) < 4.78 is 10.8. The molecule has 1 aliphatic rings. The molecular formula is C19H23N3O3. The quantitative estimate of drug-likeness (QED) is 0.808. The molecule has 3 N–H and O–H groups in total. The molecule has 1 aliphatic heterocycles. The monoisotopic (exact) mass is 341 g/mol. The van der Waals surface area contributed by atoms with Crippen LogP contribution in [0.3, 0.4) is 0 Å². The lowest BCUT2D eigenvalue weighted by Gasteiger charge is -2.22. The molecule has 0 atom stereocenters. The molecule has 132 valence electrons. The van der Waals surface area contributed by atoms with Crippen LogP contribution in [0.25, 0.3) is 0 Å². The third-order valence-electron chi connectivity index (χ3n) is 3.97. The number of hydrogen-bond donors (Lipinski definition) is 2. The third kappa shape index (κ3) is 4.71. The van der Waals surface area contributed by atoms with Gasteiger partial charge in [0.2, 0.25) is 12.7 Å². The number of hydrogen-bond acceptors (Lipinski definition) is 5. The van der Waals surface area contributed by atoms with Crippen LogP contribution >= 0.6 is 0 Å². The molecule has 0 bridgehead atoms. The van der Waals surface area contributed by atoms with Crippen LogP contribution in [0, 0.1) is 0 Å². The summed E-state index contributed by atoms with van der Waals surface area (Å²) in [5, 5.41) is 2.78. The van der Waals surface area contributed by atoms with Gasteiger partial charge in [-0.1, -0.05) is 18.2 Å². The summed E-state index contributed by atoms with van der Waals surface area (Å²) in [6.07, 6.45) is 0. The van der Waals surface area contributed by atoms with E-state index in [9.17, 15) is 4.79 Å². The summed E-state index contributed by atoms with van der Waals surface area (Å²) in [6, 6.07) is 13.9. The zero-order valence-electron chi connectivity index (χ0n) is 14.3. The van der Waals surface area contributed by atoms with Crippen LogP contribution in [0.4, 0.5) is 5.69 Å². The number of benzene rings is 2. The topological polar surface area (TPSA) is 76.8 Å². The fourth-order valence-electron chi connectivity index (χ4n) is 2.85. The van der Waals surface area contributed by atoms with E-state index in [2.05, 4.69) is 16.3 Å². The molecule has 1 amide bonds. The Bertz CT molecular complexity index is 731. The van der Waals surface area contributed by atoms with Crippen molar-refractivity contribution in [1.29, 1.82) is 0 Å². The van der Waals surface area contributed by atoms with E-state index < -0.39 is 0 Å². The maximum Gasteiger partial charge on any atom is 0.231 e. The van der Waals surface area contributed by atoms with Crippen LogP contribution in [-0.4, -0.2) is 30.7 Å². The Kier molecular flexibility index (Phi) is 5.53. The Labute approximate surface area is 147 Å². The van der Waals surface area contributed by atoms with Crippen molar-refractivity contribution in [1.82, 2.24) is 4.90 Å². The van der Waals surface area contributed by atoms with Crippen LogP contribution in [0.15, 0.2) is 42.5 Å². The number of nitrogens with one attached hydrogen (secondary N) is 1. The highest BCUT2D eigenvalue weighted by molar-refractivity contribution is 5.88. The molecule has 0 aliphatic carbocycles. The summed E-state index contributed by atoms with van der Waals surface area (Å²) in [4.78, 5) is 13.4. The van der Waals surface area contributed by atoms with Gasteiger partial charge in [0, 0.05) is 38.8 Å². The molecule has 2 aromatic rings. The molecule has 25 heavy (non-hydrogen) atoms. The molecule has 0 radical (unpaired) electrons. The van der Waals surface area contributed by atoms with Gasteiger partial charge in [-0.2, -0.15) is 0 Å². The highest BCUT2D eigenvalue weighted by Crippen LogP contribution is 2.32. The van der Waals surface area contributed by atoms with Crippen molar-refractivity contribution in [3.63, 3.8) is 0 Å². The van der Waals surface area contributed by atoms with E-state index in [1.165, 1.54) is 12.5 Å². The van der Waals surface area contributed by atoms with E-state index in [0.29, 0.717) is 6.54 Å². The molecule has 0 fully saturated rings. The van der Waals surface area contributed by atoms with Crippen molar-refractivity contribution in [3.8, 4) is 11.5 Å². The predicted octanol–water partition coefficient (Wildman–Crippen LogP) is 2.33. The van der Waals surface area contributed by atoms with Gasteiger partial charge in [-0.3, -0.25) is 9.69 Å². The van der Waals surface area contributed by atoms with Crippen molar-refractivity contribution in [2.24, 2.45) is 5.73 Å². The van der Waals surface area contributed by atoms with Gasteiger partial charge in [-0.25, -0.2) is 0 Å². The fraction of sp³-hybridized carbons (Fsp3) is 0.316. The SMILES string of the molecule is CC(=O)Nc1ccc(CN(CCN)Cc2ccc3c(c2)OCO3)cc1. The minimum atomic E-state index is -0.0692. The minimum Gasteiger partial charge on any atom is -0.454 e. The smallest absolute Gasteiger partial charge is 0.231 e. The van der Waals surface area contributed by atoms with Gasteiger partial charge in [-0.05, 0) is 35.4 Å². The highest BCUT2D eigenvalue weighted by Gasteiger charge is 2.14. The first kappa shape index (κ1) is 17.3. The van der Waals surface area contributed by atoms with E-state index in [1.54, 1.807) is 0 Å². The second-order valence-electron chi connectivity index (χ2n) is 6.07. The van der Waals surface area contributed by atoms with Crippen molar-refractivity contribution >= 4 is 11.6 Å².